The second kappa shape index (κ2) is 9.21. The Morgan fingerprint density at radius 2 is 1.63 bits per heavy atom. The fraction of sp³-hybridized carbons (Fsp3) is 0.364. The summed E-state index contributed by atoms with van der Waals surface area (Å²) < 4.78 is 5.14. The number of para-hydroxylation sites is 1. The predicted octanol–water partition coefficient (Wildman–Crippen LogP) is 3.89. The molecule has 142 valence electrons. The molecular weight excluding hydrogens is 340 g/mol. The molecule has 0 radical (unpaired) electrons. The maximum absolute atomic E-state index is 12.9. The van der Waals surface area contributed by atoms with Crippen LogP contribution in [0.3, 0.4) is 0 Å². The molecule has 5 nitrogen and oxygen atoms in total. The minimum atomic E-state index is -0.142. The first-order valence-electron chi connectivity index (χ1n) is 9.48. The molecule has 27 heavy (non-hydrogen) atoms. The molecule has 0 aromatic heterocycles. The fourth-order valence-electron chi connectivity index (χ4n) is 3.35. The molecule has 1 N–H and O–H groups in total. The summed E-state index contributed by atoms with van der Waals surface area (Å²) in [5.41, 5.74) is 2.03. The van der Waals surface area contributed by atoms with Gasteiger partial charge in [-0.3, -0.25) is 9.59 Å². The van der Waals surface area contributed by atoms with Gasteiger partial charge < -0.3 is 15.0 Å². The number of anilines is 1. The Balaban J connectivity index is 1.69. The molecule has 2 amide bonds. The van der Waals surface area contributed by atoms with E-state index in [0.29, 0.717) is 11.3 Å². The number of nitrogens with zero attached hydrogens (tertiary/aromatic N) is 1. The van der Waals surface area contributed by atoms with Gasteiger partial charge in [0.15, 0.2) is 0 Å². The normalized spacial score (nSPS) is 14.3. The van der Waals surface area contributed by atoms with Gasteiger partial charge >= 0.3 is 0 Å². The van der Waals surface area contributed by atoms with Gasteiger partial charge in [0.25, 0.3) is 5.91 Å². The third kappa shape index (κ3) is 5.09. The quantitative estimate of drug-likeness (QED) is 0.873. The summed E-state index contributed by atoms with van der Waals surface area (Å²) in [7, 11) is 1.61. The van der Waals surface area contributed by atoms with E-state index in [1.165, 1.54) is 12.8 Å². The number of likely N-dealkylation sites (tertiary alicyclic amines) is 1. The summed E-state index contributed by atoms with van der Waals surface area (Å²) in [5.74, 6) is 0.612. The molecule has 1 aliphatic heterocycles. The second-order valence-electron chi connectivity index (χ2n) is 6.83. The van der Waals surface area contributed by atoms with E-state index in [4.69, 9.17) is 4.74 Å². The summed E-state index contributed by atoms with van der Waals surface area (Å²) >= 11 is 0. The molecule has 2 aromatic carbocycles. The van der Waals surface area contributed by atoms with Crippen molar-refractivity contribution in [1.29, 1.82) is 0 Å². The largest absolute Gasteiger partial charge is 0.497 e. The molecule has 1 fully saturated rings. The van der Waals surface area contributed by atoms with E-state index < -0.39 is 0 Å². The van der Waals surface area contributed by atoms with Crippen molar-refractivity contribution in [3.63, 3.8) is 0 Å². The first kappa shape index (κ1) is 19.0. The molecule has 1 saturated heterocycles. The van der Waals surface area contributed by atoms with Gasteiger partial charge in [0.1, 0.15) is 5.75 Å². The number of amides is 2. The molecule has 1 aliphatic rings. The van der Waals surface area contributed by atoms with Gasteiger partial charge in [-0.05, 0) is 42.7 Å². The lowest BCUT2D eigenvalue weighted by atomic mass is 10.1. The molecule has 0 atom stereocenters. The van der Waals surface area contributed by atoms with E-state index in [9.17, 15) is 9.59 Å². The van der Waals surface area contributed by atoms with E-state index >= 15 is 0 Å². The number of benzene rings is 2. The molecule has 0 bridgehead atoms. The van der Waals surface area contributed by atoms with Crippen molar-refractivity contribution in [2.24, 2.45) is 0 Å². The third-order valence-electron chi connectivity index (χ3n) is 4.85. The van der Waals surface area contributed by atoms with Gasteiger partial charge in [0.05, 0.1) is 24.8 Å². The highest BCUT2D eigenvalue weighted by Gasteiger charge is 2.20. The zero-order valence-corrected chi connectivity index (χ0v) is 15.7. The van der Waals surface area contributed by atoms with Crippen LogP contribution in [0.1, 0.15) is 41.6 Å². The number of carbonyl (C=O) groups excluding carboxylic acids is 2. The minimum Gasteiger partial charge on any atom is -0.497 e. The van der Waals surface area contributed by atoms with Crippen LogP contribution in [0.25, 0.3) is 0 Å². The average molecular weight is 366 g/mol. The van der Waals surface area contributed by atoms with Crippen LogP contribution >= 0.6 is 0 Å². The minimum absolute atomic E-state index is 0.00255. The van der Waals surface area contributed by atoms with E-state index in [1.807, 2.05) is 41.3 Å². The van der Waals surface area contributed by atoms with Crippen molar-refractivity contribution in [1.82, 2.24) is 4.90 Å². The summed E-state index contributed by atoms with van der Waals surface area (Å²) in [6.07, 6.45) is 4.67. The molecule has 0 aliphatic carbocycles. The van der Waals surface area contributed by atoms with E-state index in [0.717, 1.165) is 37.2 Å². The van der Waals surface area contributed by atoms with E-state index in [-0.39, 0.29) is 18.2 Å². The molecule has 1 heterocycles. The number of carbonyl (C=O) groups is 2. The first-order valence-corrected chi connectivity index (χ1v) is 9.48. The maximum atomic E-state index is 12.9. The Labute approximate surface area is 160 Å². The van der Waals surface area contributed by atoms with Crippen molar-refractivity contribution in [3.8, 4) is 5.75 Å². The van der Waals surface area contributed by atoms with Gasteiger partial charge in [-0.1, -0.05) is 37.1 Å². The topological polar surface area (TPSA) is 58.6 Å². The van der Waals surface area contributed by atoms with Crippen LogP contribution in [0, 0.1) is 0 Å². The average Bonchev–Trinajstić information content (AvgIpc) is 2.98. The van der Waals surface area contributed by atoms with Crippen molar-refractivity contribution in [2.45, 2.75) is 32.1 Å². The first-order chi connectivity index (χ1) is 13.2. The lowest BCUT2D eigenvalue weighted by Gasteiger charge is -2.22. The highest BCUT2D eigenvalue weighted by atomic mass is 16.5. The third-order valence-corrected chi connectivity index (χ3v) is 4.85. The van der Waals surface area contributed by atoms with Crippen LogP contribution < -0.4 is 10.1 Å². The fourth-order valence-corrected chi connectivity index (χ4v) is 3.35. The van der Waals surface area contributed by atoms with Crippen LogP contribution in [-0.4, -0.2) is 36.9 Å². The number of methoxy groups -OCH3 is 1. The molecule has 2 aromatic rings. The number of nitrogens with one attached hydrogen (secondary N) is 1. The summed E-state index contributed by atoms with van der Waals surface area (Å²) in [5, 5.41) is 2.91. The zero-order valence-electron chi connectivity index (χ0n) is 15.7. The van der Waals surface area contributed by atoms with Crippen LogP contribution in [-0.2, 0) is 11.2 Å². The van der Waals surface area contributed by atoms with Crippen molar-refractivity contribution < 1.29 is 14.3 Å². The Bertz CT molecular complexity index is 778. The summed E-state index contributed by atoms with van der Waals surface area (Å²) in [6, 6.07) is 14.7. The predicted molar refractivity (Wildman–Crippen MR) is 106 cm³/mol. The monoisotopic (exact) mass is 366 g/mol. The van der Waals surface area contributed by atoms with Gasteiger partial charge in [-0.25, -0.2) is 0 Å². The number of hydrogen-bond acceptors (Lipinski definition) is 3. The van der Waals surface area contributed by atoms with Crippen LogP contribution in [0.5, 0.6) is 5.75 Å². The zero-order chi connectivity index (χ0) is 19.1. The highest BCUT2D eigenvalue weighted by molar-refractivity contribution is 6.04. The molecule has 0 spiro atoms. The number of rotatable bonds is 5. The van der Waals surface area contributed by atoms with Crippen molar-refractivity contribution in [3.05, 3.63) is 59.7 Å². The van der Waals surface area contributed by atoms with Crippen LogP contribution in [0.2, 0.25) is 0 Å². The van der Waals surface area contributed by atoms with Gasteiger partial charge in [0, 0.05) is 13.1 Å². The molecule has 5 heteroatoms. The maximum Gasteiger partial charge on any atom is 0.255 e. The highest BCUT2D eigenvalue weighted by Crippen LogP contribution is 2.20. The van der Waals surface area contributed by atoms with Gasteiger partial charge in [-0.15, -0.1) is 0 Å². The summed E-state index contributed by atoms with van der Waals surface area (Å²) in [4.78, 5) is 27.3. The smallest absolute Gasteiger partial charge is 0.255 e. The molecular formula is C22H26N2O3. The number of ether oxygens (including phenoxy) is 1. The van der Waals surface area contributed by atoms with Crippen LogP contribution in [0.4, 0.5) is 5.69 Å². The second-order valence-corrected chi connectivity index (χ2v) is 6.83. The van der Waals surface area contributed by atoms with E-state index in [1.54, 1.807) is 19.2 Å². The van der Waals surface area contributed by atoms with Crippen molar-refractivity contribution in [2.75, 3.05) is 25.5 Å². The Morgan fingerprint density at radius 1 is 0.963 bits per heavy atom. The standard InChI is InChI=1S/C22H26N2O3/c1-27-18-12-10-17(11-13-18)16-21(25)23-20-9-5-4-8-19(20)22(26)24-14-6-2-3-7-15-24/h4-5,8-13H,2-3,6-7,14-16H2,1H3,(H,23,25). The lowest BCUT2D eigenvalue weighted by molar-refractivity contribution is -0.115. The Kier molecular flexibility index (Phi) is 6.47. The molecule has 3 rings (SSSR count). The van der Waals surface area contributed by atoms with Crippen LogP contribution in [0.15, 0.2) is 48.5 Å². The Morgan fingerprint density at radius 3 is 2.30 bits per heavy atom. The van der Waals surface area contributed by atoms with E-state index in [2.05, 4.69) is 5.32 Å². The molecule has 0 saturated carbocycles. The lowest BCUT2D eigenvalue weighted by Crippen LogP contribution is -2.32. The Hall–Kier alpha value is -2.82. The van der Waals surface area contributed by atoms with Gasteiger partial charge in [0.2, 0.25) is 5.91 Å². The number of hydrogen-bond donors (Lipinski definition) is 1. The SMILES string of the molecule is COc1ccc(CC(=O)Nc2ccccc2C(=O)N2CCCCCC2)cc1. The molecule has 0 unspecified atom stereocenters. The van der Waals surface area contributed by atoms with Gasteiger partial charge in [-0.2, -0.15) is 0 Å². The summed E-state index contributed by atoms with van der Waals surface area (Å²) in [6.45, 7) is 1.57. The van der Waals surface area contributed by atoms with Crippen molar-refractivity contribution >= 4 is 17.5 Å².